The van der Waals surface area contributed by atoms with Gasteiger partial charge in [0, 0.05) is 70.6 Å². The topological polar surface area (TPSA) is 99.6 Å². The number of aryl methyl sites for hydroxylation is 1. The summed E-state index contributed by atoms with van der Waals surface area (Å²) in [6.07, 6.45) is 3.65. The number of piperazine rings is 1. The molecular weight excluding hydrogens is 506 g/mol. The van der Waals surface area contributed by atoms with Crippen molar-refractivity contribution in [3.05, 3.63) is 58.0 Å². The third-order valence-corrected chi connectivity index (χ3v) is 8.28. The Bertz CT molecular complexity index is 1420. The lowest BCUT2D eigenvalue weighted by Gasteiger charge is -2.49. The maximum Gasteiger partial charge on any atom is 0.253 e. The molecule has 0 aliphatic carbocycles. The van der Waals surface area contributed by atoms with Gasteiger partial charge < -0.3 is 19.1 Å². The molecule has 10 heteroatoms. The van der Waals surface area contributed by atoms with E-state index in [-0.39, 0.29) is 36.1 Å². The Balaban J connectivity index is 1.59. The molecule has 0 spiro atoms. The molecule has 40 heavy (non-hydrogen) atoms. The molecule has 1 saturated heterocycles. The van der Waals surface area contributed by atoms with Gasteiger partial charge in [-0.25, -0.2) is 0 Å². The summed E-state index contributed by atoms with van der Waals surface area (Å²) in [6.45, 7) is 9.41. The Hall–Kier alpha value is -3.68. The number of carbonyl (C=O) groups excluding carboxylic acids is 1. The fourth-order valence-electron chi connectivity index (χ4n) is 5.71. The molecule has 0 radical (unpaired) electrons. The molecule has 10 nitrogen and oxygen atoms in total. The minimum absolute atomic E-state index is 0.0140. The van der Waals surface area contributed by atoms with E-state index in [1.165, 1.54) is 5.56 Å². The van der Waals surface area contributed by atoms with Crippen LogP contribution in [0.25, 0.3) is 11.0 Å². The first-order valence-electron chi connectivity index (χ1n) is 14.0. The van der Waals surface area contributed by atoms with E-state index in [2.05, 4.69) is 48.8 Å². The quantitative estimate of drug-likeness (QED) is 0.384. The van der Waals surface area contributed by atoms with Crippen molar-refractivity contribution in [2.45, 2.75) is 58.3 Å². The highest BCUT2D eigenvalue weighted by Crippen LogP contribution is 2.34. The van der Waals surface area contributed by atoms with Crippen LogP contribution in [-0.4, -0.2) is 82.5 Å². The number of amides is 1. The van der Waals surface area contributed by atoms with Crippen LogP contribution in [0, 0.1) is 11.3 Å². The maximum atomic E-state index is 12.9. The summed E-state index contributed by atoms with van der Waals surface area (Å²) in [5.74, 6) is -0.0140. The summed E-state index contributed by atoms with van der Waals surface area (Å²) < 4.78 is 8.30. The van der Waals surface area contributed by atoms with E-state index in [0.29, 0.717) is 18.7 Å². The first kappa shape index (κ1) is 29.3. The van der Waals surface area contributed by atoms with Crippen LogP contribution in [-0.2, 0) is 18.3 Å². The fourth-order valence-corrected chi connectivity index (χ4v) is 5.71. The van der Waals surface area contributed by atoms with Crippen LogP contribution in [0.3, 0.4) is 0 Å². The number of hydrogen-bond acceptors (Lipinski definition) is 7. The summed E-state index contributed by atoms with van der Waals surface area (Å²) >= 11 is 0. The van der Waals surface area contributed by atoms with Gasteiger partial charge in [-0.2, -0.15) is 10.4 Å². The number of aromatic nitrogens is 3. The number of ether oxygens (including phenoxy) is 1. The lowest BCUT2D eigenvalue weighted by atomic mass is 9.96. The first-order chi connectivity index (χ1) is 19.2. The molecule has 214 valence electrons. The zero-order valence-electron chi connectivity index (χ0n) is 24.5. The molecule has 1 aromatic carbocycles. The Morgan fingerprint density at radius 2 is 1.90 bits per heavy atom. The minimum atomic E-state index is -0.0831. The first-order valence-corrected chi connectivity index (χ1v) is 14.0. The SMILES string of the molecule is CC[C@H]1CN([C@@H](C)c2ccc(C(=O)N(C)CCOC)cc2)[C@H](CC)CN1c1cc(=O)n(C)c2cn(CC#N)nc12. The van der Waals surface area contributed by atoms with Crippen LogP contribution in [0.2, 0.25) is 0 Å². The van der Waals surface area contributed by atoms with E-state index in [0.717, 1.165) is 42.7 Å². The van der Waals surface area contributed by atoms with Gasteiger partial charge in [0.25, 0.3) is 11.5 Å². The van der Waals surface area contributed by atoms with Crippen molar-refractivity contribution in [3.63, 3.8) is 0 Å². The minimum Gasteiger partial charge on any atom is -0.383 e. The largest absolute Gasteiger partial charge is 0.383 e. The van der Waals surface area contributed by atoms with Gasteiger partial charge in [-0.3, -0.25) is 19.2 Å². The Kier molecular flexibility index (Phi) is 9.28. The normalized spacial score (nSPS) is 18.6. The van der Waals surface area contributed by atoms with Crippen molar-refractivity contribution in [1.82, 2.24) is 24.1 Å². The number of benzene rings is 1. The molecule has 1 amide bonds. The van der Waals surface area contributed by atoms with E-state index in [9.17, 15) is 14.9 Å². The van der Waals surface area contributed by atoms with Crippen LogP contribution >= 0.6 is 0 Å². The van der Waals surface area contributed by atoms with Gasteiger partial charge in [0.05, 0.1) is 30.1 Å². The van der Waals surface area contributed by atoms with Gasteiger partial charge in [-0.05, 0) is 37.5 Å². The van der Waals surface area contributed by atoms with Crippen LogP contribution in [0.1, 0.15) is 55.6 Å². The smallest absolute Gasteiger partial charge is 0.253 e. The van der Waals surface area contributed by atoms with Crippen molar-refractivity contribution >= 4 is 22.6 Å². The van der Waals surface area contributed by atoms with Crippen molar-refractivity contribution in [2.75, 3.05) is 45.3 Å². The average Bonchev–Trinajstić information content (AvgIpc) is 3.40. The monoisotopic (exact) mass is 547 g/mol. The predicted octanol–water partition coefficient (Wildman–Crippen LogP) is 3.42. The molecule has 1 aliphatic heterocycles. The van der Waals surface area contributed by atoms with E-state index in [1.807, 2.05) is 12.1 Å². The predicted molar refractivity (Wildman–Crippen MR) is 156 cm³/mol. The molecule has 0 N–H and O–H groups in total. The van der Waals surface area contributed by atoms with Crippen molar-refractivity contribution in [3.8, 4) is 6.07 Å². The van der Waals surface area contributed by atoms with Gasteiger partial charge in [-0.15, -0.1) is 0 Å². The van der Waals surface area contributed by atoms with E-state index in [1.54, 1.807) is 47.6 Å². The molecule has 1 aliphatic rings. The number of nitriles is 1. The average molecular weight is 548 g/mol. The molecule has 4 rings (SSSR count). The van der Waals surface area contributed by atoms with E-state index in [4.69, 9.17) is 9.84 Å². The van der Waals surface area contributed by atoms with Crippen molar-refractivity contribution in [2.24, 2.45) is 7.05 Å². The number of likely N-dealkylation sites (N-methyl/N-ethyl adjacent to an activating group) is 1. The second kappa shape index (κ2) is 12.7. The molecule has 3 aromatic rings. The molecule has 1 fully saturated rings. The van der Waals surface area contributed by atoms with E-state index < -0.39 is 0 Å². The second-order valence-corrected chi connectivity index (χ2v) is 10.6. The molecule has 3 atom stereocenters. The summed E-state index contributed by atoms with van der Waals surface area (Å²) in [5, 5.41) is 13.9. The van der Waals surface area contributed by atoms with Crippen LogP contribution in [0.4, 0.5) is 5.69 Å². The molecule has 0 saturated carbocycles. The number of nitrogens with zero attached hydrogens (tertiary/aromatic N) is 7. The Labute approximate surface area is 236 Å². The highest BCUT2D eigenvalue weighted by atomic mass is 16.5. The van der Waals surface area contributed by atoms with Crippen molar-refractivity contribution in [1.29, 1.82) is 5.26 Å². The molecule has 2 aromatic heterocycles. The number of anilines is 1. The summed E-state index contributed by atoms with van der Waals surface area (Å²) in [5.41, 5.74) is 4.09. The summed E-state index contributed by atoms with van der Waals surface area (Å²) in [4.78, 5) is 32.3. The van der Waals surface area contributed by atoms with Crippen LogP contribution in [0.15, 0.2) is 41.3 Å². The van der Waals surface area contributed by atoms with Crippen molar-refractivity contribution < 1.29 is 9.53 Å². The molecule has 0 bridgehead atoms. The third-order valence-electron chi connectivity index (χ3n) is 8.28. The Morgan fingerprint density at radius 1 is 1.20 bits per heavy atom. The highest BCUT2D eigenvalue weighted by molar-refractivity contribution is 5.94. The van der Waals surface area contributed by atoms with Gasteiger partial charge in [0.15, 0.2) is 0 Å². The number of carbonyl (C=O) groups is 1. The van der Waals surface area contributed by atoms with Gasteiger partial charge >= 0.3 is 0 Å². The second-order valence-electron chi connectivity index (χ2n) is 10.6. The number of fused-ring (bicyclic) bond motifs is 1. The zero-order chi connectivity index (χ0) is 29.0. The number of rotatable bonds is 10. The van der Waals surface area contributed by atoms with Gasteiger partial charge in [0.2, 0.25) is 0 Å². The standard InChI is InChI=1S/C30H41N7O3/c1-7-24-19-37(26-17-28(38)34(5)27-20-35(14-13-31)32-29(26)27)25(8-2)18-36(24)21(3)22-9-11-23(12-10-22)30(39)33(4)15-16-40-6/h9-12,17,20-21,24-25H,7-8,14-16,18-19H2,1-6H3/t21-,24+,25-/m0/s1. The number of methoxy groups -OCH3 is 1. The van der Waals surface area contributed by atoms with Crippen LogP contribution < -0.4 is 10.5 Å². The molecular formula is C30H41N7O3. The summed E-state index contributed by atoms with van der Waals surface area (Å²) in [6, 6.07) is 12.4. The Morgan fingerprint density at radius 3 is 2.52 bits per heavy atom. The number of hydrogen-bond donors (Lipinski definition) is 0. The zero-order valence-corrected chi connectivity index (χ0v) is 24.5. The number of pyridine rings is 1. The van der Waals surface area contributed by atoms with Gasteiger partial charge in [0.1, 0.15) is 12.1 Å². The lowest BCUT2D eigenvalue weighted by molar-refractivity contribution is 0.0744. The van der Waals surface area contributed by atoms with Crippen LogP contribution in [0.5, 0.6) is 0 Å². The third kappa shape index (κ3) is 5.76. The lowest BCUT2D eigenvalue weighted by Crippen LogP contribution is -2.58. The fraction of sp³-hybridized carbons (Fsp3) is 0.533. The van der Waals surface area contributed by atoms with Gasteiger partial charge in [-0.1, -0.05) is 26.0 Å². The molecule has 0 unspecified atom stereocenters. The highest BCUT2D eigenvalue weighted by Gasteiger charge is 2.36. The van der Waals surface area contributed by atoms with E-state index >= 15 is 0 Å². The summed E-state index contributed by atoms with van der Waals surface area (Å²) in [7, 11) is 5.17. The molecule has 3 heterocycles. The maximum absolute atomic E-state index is 12.9.